The Morgan fingerprint density at radius 1 is 1.18 bits per heavy atom. The molecule has 0 saturated carbocycles. The molecule has 0 unspecified atom stereocenters. The van der Waals surface area contributed by atoms with Crippen LogP contribution in [0.15, 0.2) is 77.8 Å². The second-order valence-corrected chi connectivity index (χ2v) is 8.78. The number of nitrogens with zero attached hydrogens (tertiary/aromatic N) is 5. The second kappa shape index (κ2) is 10.5. The number of amides is 1. The SMILES string of the molecule is C=CCn1c(SCc2csc(N(C(C)=O)c3ccccc3)n2)nnc1-c1ccccc1OC. The van der Waals surface area contributed by atoms with Crippen LogP contribution in [-0.4, -0.2) is 32.8 Å². The van der Waals surface area contributed by atoms with E-state index in [2.05, 4.69) is 16.8 Å². The van der Waals surface area contributed by atoms with Crippen molar-refractivity contribution in [2.45, 2.75) is 24.4 Å². The predicted octanol–water partition coefficient (Wildman–Crippen LogP) is 5.57. The highest BCUT2D eigenvalue weighted by atomic mass is 32.2. The Bertz CT molecular complexity index is 1250. The zero-order chi connectivity index (χ0) is 23.2. The summed E-state index contributed by atoms with van der Waals surface area (Å²) in [4.78, 5) is 18.6. The van der Waals surface area contributed by atoms with Crippen LogP contribution in [0.4, 0.5) is 10.8 Å². The van der Waals surface area contributed by atoms with Crippen molar-refractivity contribution in [3.63, 3.8) is 0 Å². The molecule has 9 heteroatoms. The van der Waals surface area contributed by atoms with Gasteiger partial charge in [-0.05, 0) is 24.3 Å². The first kappa shape index (κ1) is 22.8. The first-order chi connectivity index (χ1) is 16.1. The fourth-order valence-electron chi connectivity index (χ4n) is 3.33. The van der Waals surface area contributed by atoms with Gasteiger partial charge in [-0.1, -0.05) is 48.2 Å². The number of allylic oxidation sites excluding steroid dienone is 1. The van der Waals surface area contributed by atoms with Crippen LogP contribution in [0.2, 0.25) is 0 Å². The van der Waals surface area contributed by atoms with E-state index >= 15 is 0 Å². The molecule has 0 aliphatic carbocycles. The summed E-state index contributed by atoms with van der Waals surface area (Å²) in [7, 11) is 1.64. The van der Waals surface area contributed by atoms with E-state index in [1.165, 1.54) is 23.1 Å². The van der Waals surface area contributed by atoms with Gasteiger partial charge in [-0.25, -0.2) is 4.98 Å². The van der Waals surface area contributed by atoms with E-state index in [0.29, 0.717) is 17.4 Å². The minimum Gasteiger partial charge on any atom is -0.496 e. The predicted molar refractivity (Wildman–Crippen MR) is 133 cm³/mol. The number of methoxy groups -OCH3 is 1. The van der Waals surface area contributed by atoms with Gasteiger partial charge in [0.05, 0.1) is 24.1 Å². The monoisotopic (exact) mass is 477 g/mol. The third kappa shape index (κ3) is 4.99. The van der Waals surface area contributed by atoms with Gasteiger partial charge in [0.25, 0.3) is 0 Å². The van der Waals surface area contributed by atoms with Gasteiger partial charge in [0.2, 0.25) is 5.91 Å². The maximum absolute atomic E-state index is 12.3. The Hall–Kier alpha value is -3.43. The van der Waals surface area contributed by atoms with Gasteiger partial charge < -0.3 is 4.74 Å². The number of ether oxygens (including phenoxy) is 1. The van der Waals surface area contributed by atoms with Crippen molar-refractivity contribution >= 4 is 39.8 Å². The number of anilines is 2. The molecule has 0 atom stereocenters. The number of thiazole rings is 1. The fraction of sp³-hybridized carbons (Fsp3) is 0.167. The van der Waals surface area contributed by atoms with Gasteiger partial charge in [-0.15, -0.1) is 28.1 Å². The van der Waals surface area contributed by atoms with Crippen molar-refractivity contribution in [1.29, 1.82) is 0 Å². The minimum absolute atomic E-state index is 0.0815. The zero-order valence-corrected chi connectivity index (χ0v) is 20.0. The summed E-state index contributed by atoms with van der Waals surface area (Å²) in [5.41, 5.74) is 2.54. The summed E-state index contributed by atoms with van der Waals surface area (Å²) < 4.78 is 7.51. The molecule has 7 nitrogen and oxygen atoms in total. The Morgan fingerprint density at radius 3 is 2.67 bits per heavy atom. The van der Waals surface area contributed by atoms with E-state index in [1.54, 1.807) is 18.9 Å². The molecule has 33 heavy (non-hydrogen) atoms. The molecule has 1 amide bonds. The average molecular weight is 478 g/mol. The summed E-state index contributed by atoms with van der Waals surface area (Å²) in [6.07, 6.45) is 1.82. The van der Waals surface area contributed by atoms with Crippen LogP contribution >= 0.6 is 23.1 Å². The van der Waals surface area contributed by atoms with Crippen LogP contribution in [0, 0.1) is 0 Å². The number of rotatable bonds is 9. The maximum Gasteiger partial charge on any atom is 0.230 e. The first-order valence-corrected chi connectivity index (χ1v) is 12.1. The molecule has 0 spiro atoms. The highest BCUT2D eigenvalue weighted by Crippen LogP contribution is 2.33. The number of benzene rings is 2. The van der Waals surface area contributed by atoms with Crippen LogP contribution in [0.1, 0.15) is 12.6 Å². The summed E-state index contributed by atoms with van der Waals surface area (Å²) in [6.45, 7) is 5.98. The molecule has 2 aromatic heterocycles. The van der Waals surface area contributed by atoms with Crippen molar-refractivity contribution in [3.8, 4) is 17.1 Å². The molecular formula is C24H23N5O2S2. The molecule has 0 radical (unpaired) electrons. The van der Waals surface area contributed by atoms with Crippen LogP contribution in [0.25, 0.3) is 11.4 Å². The van der Waals surface area contributed by atoms with E-state index < -0.39 is 0 Å². The minimum atomic E-state index is -0.0815. The highest BCUT2D eigenvalue weighted by molar-refractivity contribution is 7.98. The van der Waals surface area contributed by atoms with Gasteiger partial charge in [0, 0.05) is 24.6 Å². The lowest BCUT2D eigenvalue weighted by Gasteiger charge is -2.17. The van der Waals surface area contributed by atoms with Crippen LogP contribution in [0.5, 0.6) is 5.75 Å². The standard InChI is InChI=1S/C24H23N5O2S2/c1-4-14-28-22(20-12-8-9-13-21(20)31-3)26-27-24(28)33-16-18-15-32-23(25-18)29(17(2)30)19-10-6-5-7-11-19/h4-13,15H,1,14,16H2,2-3H3. The molecule has 0 fully saturated rings. The Balaban J connectivity index is 1.56. The molecule has 2 aromatic carbocycles. The molecule has 4 rings (SSSR count). The van der Waals surface area contributed by atoms with E-state index in [0.717, 1.165) is 33.7 Å². The number of thioether (sulfide) groups is 1. The molecule has 0 bridgehead atoms. The van der Waals surface area contributed by atoms with Gasteiger partial charge in [-0.3, -0.25) is 14.3 Å². The van der Waals surface area contributed by atoms with Gasteiger partial charge in [-0.2, -0.15) is 0 Å². The lowest BCUT2D eigenvalue weighted by Crippen LogP contribution is -2.22. The van der Waals surface area contributed by atoms with Crippen LogP contribution in [0.3, 0.4) is 0 Å². The summed E-state index contributed by atoms with van der Waals surface area (Å²) in [6, 6.07) is 17.3. The van der Waals surface area contributed by atoms with Crippen LogP contribution in [-0.2, 0) is 17.1 Å². The smallest absolute Gasteiger partial charge is 0.230 e. The normalized spacial score (nSPS) is 10.7. The first-order valence-electron chi connectivity index (χ1n) is 10.2. The second-order valence-electron chi connectivity index (χ2n) is 7.01. The Kier molecular flexibility index (Phi) is 7.21. The third-order valence-electron chi connectivity index (χ3n) is 4.79. The largest absolute Gasteiger partial charge is 0.496 e. The Labute approximate surface area is 200 Å². The quantitative estimate of drug-likeness (QED) is 0.232. The average Bonchev–Trinajstić information content (AvgIpc) is 3.45. The van der Waals surface area contributed by atoms with Crippen molar-refractivity contribution in [2.75, 3.05) is 12.0 Å². The fourth-order valence-corrected chi connectivity index (χ4v) is 5.16. The number of carbonyl (C=O) groups excluding carboxylic acids is 1. The van der Waals surface area contributed by atoms with Crippen molar-refractivity contribution in [3.05, 3.63) is 78.3 Å². The zero-order valence-electron chi connectivity index (χ0n) is 18.3. The molecule has 0 aliphatic heterocycles. The van der Waals surface area contributed by atoms with E-state index in [-0.39, 0.29) is 5.91 Å². The number of hydrogen-bond donors (Lipinski definition) is 0. The van der Waals surface area contributed by atoms with Crippen molar-refractivity contribution in [1.82, 2.24) is 19.7 Å². The topological polar surface area (TPSA) is 73.1 Å². The summed E-state index contributed by atoms with van der Waals surface area (Å²) in [5, 5.41) is 12.2. The van der Waals surface area contributed by atoms with Crippen LogP contribution < -0.4 is 9.64 Å². The lowest BCUT2D eigenvalue weighted by atomic mass is 10.2. The summed E-state index contributed by atoms with van der Waals surface area (Å²) >= 11 is 2.98. The molecule has 0 N–H and O–H groups in total. The number of carbonyl (C=O) groups is 1. The Morgan fingerprint density at radius 2 is 1.94 bits per heavy atom. The molecule has 168 valence electrons. The highest BCUT2D eigenvalue weighted by Gasteiger charge is 2.19. The summed E-state index contributed by atoms with van der Waals surface area (Å²) in [5.74, 6) is 1.97. The van der Waals surface area contributed by atoms with Crippen molar-refractivity contribution < 1.29 is 9.53 Å². The van der Waals surface area contributed by atoms with Crippen molar-refractivity contribution in [2.24, 2.45) is 0 Å². The molecule has 2 heterocycles. The molecule has 4 aromatic rings. The number of aromatic nitrogens is 4. The third-order valence-corrected chi connectivity index (χ3v) is 6.66. The number of para-hydroxylation sites is 2. The maximum atomic E-state index is 12.3. The van der Waals surface area contributed by atoms with E-state index in [1.807, 2.05) is 70.6 Å². The van der Waals surface area contributed by atoms with Gasteiger partial charge in [0.15, 0.2) is 16.1 Å². The molecular weight excluding hydrogens is 454 g/mol. The van der Waals surface area contributed by atoms with E-state index in [4.69, 9.17) is 9.72 Å². The van der Waals surface area contributed by atoms with Gasteiger partial charge >= 0.3 is 0 Å². The molecule has 0 aliphatic rings. The van der Waals surface area contributed by atoms with Gasteiger partial charge in [0.1, 0.15) is 5.75 Å². The molecule has 0 saturated heterocycles. The lowest BCUT2D eigenvalue weighted by molar-refractivity contribution is -0.115. The van der Waals surface area contributed by atoms with E-state index in [9.17, 15) is 4.79 Å². The number of hydrogen-bond acceptors (Lipinski definition) is 7.